The number of nitrogens with zero attached hydrogens (tertiary/aromatic N) is 1. The molecule has 216 valence electrons. The number of benzene rings is 3. The molecule has 3 N–H and O–H groups in total. The molecule has 0 heterocycles. The summed E-state index contributed by atoms with van der Waals surface area (Å²) in [5.74, 6) is 0.0681. The lowest BCUT2D eigenvalue weighted by molar-refractivity contribution is -0.383. The van der Waals surface area contributed by atoms with Gasteiger partial charge in [-0.3, -0.25) is 19.6 Å². The topological polar surface area (TPSA) is 148 Å². The third-order valence-electron chi connectivity index (χ3n) is 6.24. The Bertz CT molecular complexity index is 1600. The molecule has 0 radical (unpaired) electrons. The van der Waals surface area contributed by atoms with Crippen LogP contribution < -0.4 is 14.8 Å². The van der Waals surface area contributed by atoms with E-state index in [-0.39, 0.29) is 45.4 Å². The van der Waals surface area contributed by atoms with E-state index in [0.29, 0.717) is 16.8 Å². The summed E-state index contributed by atoms with van der Waals surface area (Å²) in [6.07, 6.45) is 1.02. The van der Waals surface area contributed by atoms with Gasteiger partial charge in [0.1, 0.15) is 5.69 Å². The van der Waals surface area contributed by atoms with Crippen molar-refractivity contribution < 1.29 is 21.8 Å². The maximum Gasteiger partial charge on any atom is 0.294 e. The van der Waals surface area contributed by atoms with Crippen LogP contribution in [0.3, 0.4) is 0 Å². The zero-order valence-corrected chi connectivity index (χ0v) is 25.3. The molecule has 0 amide bonds. The molecule has 10 nitrogen and oxygen atoms in total. The molecule has 12 heteroatoms. The average Bonchev–Trinajstić information content (AvgIpc) is 2.82. The van der Waals surface area contributed by atoms with Crippen molar-refractivity contribution in [3.8, 4) is 0 Å². The van der Waals surface area contributed by atoms with Crippen LogP contribution in [0.2, 0.25) is 0 Å². The fourth-order valence-electron chi connectivity index (χ4n) is 4.29. The second-order valence-electron chi connectivity index (χ2n) is 10.7. The van der Waals surface area contributed by atoms with Gasteiger partial charge in [0.05, 0.1) is 27.4 Å². The number of hydrogen-bond donors (Lipinski definition) is 3. The molecule has 3 aromatic rings. The Hall–Kier alpha value is -3.64. The summed E-state index contributed by atoms with van der Waals surface area (Å²) < 4.78 is 55.6. The molecule has 3 aromatic carbocycles. The lowest BCUT2D eigenvalue weighted by atomic mass is 9.89. The predicted octanol–water partition coefficient (Wildman–Crippen LogP) is 6.88. The lowest BCUT2D eigenvalue weighted by Gasteiger charge is -2.23. The molecule has 0 aliphatic carbocycles. The smallest absolute Gasteiger partial charge is 0.294 e. The summed E-state index contributed by atoms with van der Waals surface area (Å²) in [5.41, 5.74) is 2.91. The fourth-order valence-corrected chi connectivity index (χ4v) is 6.59. The molecule has 0 fully saturated rings. The Labute approximate surface area is 236 Å². The molecule has 0 atom stereocenters. The van der Waals surface area contributed by atoms with Crippen LogP contribution in [0.4, 0.5) is 28.4 Å². The van der Waals surface area contributed by atoms with E-state index in [0.717, 1.165) is 17.9 Å². The first kappa shape index (κ1) is 30.9. The number of nitro benzene ring substituents is 1. The molecule has 0 aliphatic rings. The van der Waals surface area contributed by atoms with Crippen molar-refractivity contribution in [2.45, 2.75) is 64.2 Å². The molecular weight excluding hydrogens is 552 g/mol. The van der Waals surface area contributed by atoms with E-state index >= 15 is 0 Å². The molecule has 0 spiro atoms. The molecular formula is C28H36N4O6S2. The highest BCUT2D eigenvalue weighted by molar-refractivity contribution is 7.93. The van der Waals surface area contributed by atoms with Gasteiger partial charge in [0.25, 0.3) is 15.7 Å². The van der Waals surface area contributed by atoms with E-state index in [9.17, 15) is 26.9 Å². The SMILES string of the molecule is CC(C)c1cc(C(C)C)c(S(=O)(=O)Nc2ccc(Nc3cccc(NS(C)(=O)=O)c3)c([N+](=O)[O-])c2)c(C(C)C)c1. The van der Waals surface area contributed by atoms with E-state index in [1.54, 1.807) is 18.2 Å². The van der Waals surface area contributed by atoms with E-state index in [1.165, 1.54) is 18.2 Å². The standard InChI is InChI=1S/C28H36N4O6S2/c1-17(2)20-13-24(18(3)4)28(25(14-20)19(5)6)40(37,38)31-23-11-12-26(27(16-23)32(33)34)29-21-9-8-10-22(15-21)30-39(7,35)36/h8-19,29-31H,1-7H3. The third kappa shape index (κ3) is 7.51. The molecule has 0 aliphatic heterocycles. The first-order valence-corrected chi connectivity index (χ1v) is 16.2. The van der Waals surface area contributed by atoms with Crippen LogP contribution in [0.1, 0.15) is 76.0 Å². The monoisotopic (exact) mass is 588 g/mol. The molecule has 40 heavy (non-hydrogen) atoms. The minimum absolute atomic E-state index is 0.0436. The minimum Gasteiger partial charge on any atom is -0.350 e. The number of anilines is 4. The Morgan fingerprint density at radius 3 is 1.77 bits per heavy atom. The summed E-state index contributed by atoms with van der Waals surface area (Å²) in [6.45, 7) is 11.9. The van der Waals surface area contributed by atoms with Crippen molar-refractivity contribution in [2.24, 2.45) is 0 Å². The summed E-state index contributed by atoms with van der Waals surface area (Å²) in [7, 11) is -7.61. The van der Waals surface area contributed by atoms with Gasteiger partial charge in [0, 0.05) is 11.8 Å². The van der Waals surface area contributed by atoms with E-state index < -0.39 is 25.0 Å². The van der Waals surface area contributed by atoms with Crippen LogP contribution in [0.25, 0.3) is 0 Å². The number of nitro groups is 1. The predicted molar refractivity (Wildman–Crippen MR) is 161 cm³/mol. The Balaban J connectivity index is 2.03. The molecule has 0 saturated heterocycles. The van der Waals surface area contributed by atoms with Gasteiger partial charge in [-0.25, -0.2) is 16.8 Å². The summed E-state index contributed by atoms with van der Waals surface area (Å²) in [6, 6.07) is 14.1. The van der Waals surface area contributed by atoms with Gasteiger partial charge in [-0.05, 0) is 64.8 Å². The molecule has 3 rings (SSSR count). The van der Waals surface area contributed by atoms with Gasteiger partial charge in [-0.1, -0.05) is 59.7 Å². The summed E-state index contributed by atoms with van der Waals surface area (Å²) in [4.78, 5) is 11.5. The van der Waals surface area contributed by atoms with Crippen molar-refractivity contribution >= 4 is 48.5 Å². The maximum atomic E-state index is 13.8. The zero-order valence-electron chi connectivity index (χ0n) is 23.6. The zero-order chi connectivity index (χ0) is 30.0. The van der Waals surface area contributed by atoms with Crippen molar-refractivity contribution in [1.29, 1.82) is 0 Å². The van der Waals surface area contributed by atoms with Gasteiger partial charge in [-0.2, -0.15) is 0 Å². The largest absolute Gasteiger partial charge is 0.350 e. The number of nitrogens with one attached hydrogen (secondary N) is 3. The Morgan fingerprint density at radius 1 is 0.725 bits per heavy atom. The van der Waals surface area contributed by atoms with E-state index in [4.69, 9.17) is 0 Å². The van der Waals surface area contributed by atoms with Crippen molar-refractivity contribution in [1.82, 2.24) is 0 Å². The summed E-state index contributed by atoms with van der Waals surface area (Å²) >= 11 is 0. The molecule has 0 aromatic heterocycles. The molecule has 0 unspecified atom stereocenters. The quantitative estimate of drug-likeness (QED) is 0.163. The van der Waals surface area contributed by atoms with Crippen LogP contribution in [-0.2, 0) is 20.0 Å². The van der Waals surface area contributed by atoms with Gasteiger partial charge in [0.15, 0.2) is 0 Å². The van der Waals surface area contributed by atoms with Gasteiger partial charge < -0.3 is 5.32 Å². The lowest BCUT2D eigenvalue weighted by Crippen LogP contribution is -2.19. The van der Waals surface area contributed by atoms with Crippen molar-refractivity contribution in [3.05, 3.63) is 81.4 Å². The van der Waals surface area contributed by atoms with Crippen LogP contribution >= 0.6 is 0 Å². The van der Waals surface area contributed by atoms with Gasteiger partial charge in [-0.15, -0.1) is 0 Å². The average molecular weight is 589 g/mol. The highest BCUT2D eigenvalue weighted by atomic mass is 32.2. The van der Waals surface area contributed by atoms with Crippen LogP contribution in [0, 0.1) is 10.1 Å². The van der Waals surface area contributed by atoms with Crippen LogP contribution in [-0.4, -0.2) is 28.0 Å². The normalized spacial score (nSPS) is 12.2. The van der Waals surface area contributed by atoms with Gasteiger partial charge >= 0.3 is 0 Å². The number of hydrogen-bond acceptors (Lipinski definition) is 7. The maximum absolute atomic E-state index is 13.8. The number of rotatable bonds is 11. The summed E-state index contributed by atoms with van der Waals surface area (Å²) in [5, 5.41) is 14.9. The minimum atomic E-state index is -4.10. The van der Waals surface area contributed by atoms with Crippen molar-refractivity contribution in [3.63, 3.8) is 0 Å². The Morgan fingerprint density at radius 2 is 1.27 bits per heavy atom. The number of sulfonamides is 2. The van der Waals surface area contributed by atoms with Gasteiger partial charge in [0.2, 0.25) is 10.0 Å². The Kier molecular flexibility index (Phi) is 9.15. The highest BCUT2D eigenvalue weighted by Crippen LogP contribution is 2.37. The molecule has 0 bridgehead atoms. The molecule has 0 saturated carbocycles. The second-order valence-corrected chi connectivity index (χ2v) is 14.0. The van der Waals surface area contributed by atoms with Crippen molar-refractivity contribution in [2.75, 3.05) is 21.0 Å². The highest BCUT2D eigenvalue weighted by Gasteiger charge is 2.28. The fraction of sp³-hybridized carbons (Fsp3) is 0.357. The van der Waals surface area contributed by atoms with E-state index in [1.807, 2.05) is 39.8 Å². The van der Waals surface area contributed by atoms with Crippen LogP contribution in [0.5, 0.6) is 0 Å². The second kappa shape index (κ2) is 11.8. The first-order valence-electron chi connectivity index (χ1n) is 12.8. The van der Waals surface area contributed by atoms with Crippen LogP contribution in [0.15, 0.2) is 59.5 Å². The first-order chi connectivity index (χ1) is 18.5. The van der Waals surface area contributed by atoms with E-state index in [2.05, 4.69) is 28.6 Å². The third-order valence-corrected chi connectivity index (χ3v) is 8.36.